The first-order chi connectivity index (χ1) is 13.9. The van der Waals surface area contributed by atoms with Crippen LogP contribution in [0, 0.1) is 5.92 Å². The smallest absolute Gasteiger partial charge is 0.408 e. The molecule has 0 radical (unpaired) electrons. The zero-order valence-corrected chi connectivity index (χ0v) is 16.1. The molecule has 7 heteroatoms. The van der Waals surface area contributed by atoms with Crippen LogP contribution in [-0.2, 0) is 16.1 Å². The van der Waals surface area contributed by atoms with Crippen LogP contribution in [0.2, 0.25) is 0 Å². The summed E-state index contributed by atoms with van der Waals surface area (Å²) in [6.07, 6.45) is -0.714. The molecule has 1 N–H and O–H groups in total. The number of hydrogen-bond acceptors (Lipinski definition) is 6. The van der Waals surface area contributed by atoms with E-state index < -0.39 is 23.7 Å². The highest BCUT2D eigenvalue weighted by Crippen LogP contribution is 2.20. The lowest BCUT2D eigenvalue weighted by atomic mass is 10.1. The Labute approximate surface area is 167 Å². The first-order valence-electron chi connectivity index (χ1n) is 9.15. The number of carbonyl (C=O) groups excluding carboxylic acids is 2. The van der Waals surface area contributed by atoms with Crippen molar-refractivity contribution >= 4 is 23.0 Å². The summed E-state index contributed by atoms with van der Waals surface area (Å²) >= 11 is 0. The van der Waals surface area contributed by atoms with Crippen molar-refractivity contribution in [1.82, 2.24) is 5.32 Å². The summed E-state index contributed by atoms with van der Waals surface area (Å²) in [6, 6.07) is 16.0. The molecule has 0 bridgehead atoms. The Morgan fingerprint density at radius 2 is 1.76 bits per heavy atom. The Morgan fingerprint density at radius 3 is 2.48 bits per heavy atom. The molecule has 1 amide bonds. The first kappa shape index (κ1) is 20.1. The van der Waals surface area contributed by atoms with Gasteiger partial charge in [-0.15, -0.1) is 0 Å². The van der Waals surface area contributed by atoms with E-state index in [1.54, 1.807) is 32.0 Å². The molecule has 29 heavy (non-hydrogen) atoms. The predicted octanol–water partition coefficient (Wildman–Crippen LogP) is 3.65. The van der Waals surface area contributed by atoms with Crippen molar-refractivity contribution in [3.05, 3.63) is 76.6 Å². The van der Waals surface area contributed by atoms with Crippen molar-refractivity contribution in [1.29, 1.82) is 0 Å². The molecule has 0 aliphatic heterocycles. The summed E-state index contributed by atoms with van der Waals surface area (Å²) in [5.74, 6) is -0.665. The Balaban J connectivity index is 1.64. The fourth-order valence-electron chi connectivity index (χ4n) is 2.67. The van der Waals surface area contributed by atoms with E-state index in [0.29, 0.717) is 11.0 Å². The number of alkyl carbamates (subject to hydrolysis) is 1. The highest BCUT2D eigenvalue weighted by atomic mass is 16.6. The van der Waals surface area contributed by atoms with Gasteiger partial charge in [-0.25, -0.2) is 14.4 Å². The molecule has 2 aromatic carbocycles. The standard InChI is InChI=1S/C22H21NO6/c1-14(2)20(23-22(26)27-13-15-6-4-3-5-7-15)21(25)28-17-10-8-16-9-11-19(24)29-18(16)12-17/h3-12,14,20H,13H2,1-2H3,(H,23,26)/t20-/m0/s1. The van der Waals surface area contributed by atoms with E-state index in [9.17, 15) is 14.4 Å². The average Bonchev–Trinajstić information content (AvgIpc) is 2.70. The van der Waals surface area contributed by atoms with Crippen molar-refractivity contribution in [2.75, 3.05) is 0 Å². The number of hydrogen-bond donors (Lipinski definition) is 1. The minimum Gasteiger partial charge on any atom is -0.445 e. The maximum absolute atomic E-state index is 12.6. The molecule has 0 fully saturated rings. The fraction of sp³-hybridized carbons (Fsp3) is 0.227. The second kappa shape index (κ2) is 9.05. The SMILES string of the molecule is CC(C)[C@H](NC(=O)OCc1ccccc1)C(=O)Oc1ccc2ccc(=O)oc2c1. The van der Waals surface area contributed by atoms with Crippen molar-refractivity contribution in [2.45, 2.75) is 26.5 Å². The average molecular weight is 395 g/mol. The van der Waals surface area contributed by atoms with Gasteiger partial charge >= 0.3 is 17.7 Å². The number of amides is 1. The molecule has 0 aliphatic rings. The monoisotopic (exact) mass is 395 g/mol. The van der Waals surface area contributed by atoms with Crippen LogP contribution in [0.1, 0.15) is 19.4 Å². The summed E-state index contributed by atoms with van der Waals surface area (Å²) < 4.78 is 15.6. The molecular formula is C22H21NO6. The van der Waals surface area contributed by atoms with E-state index >= 15 is 0 Å². The van der Waals surface area contributed by atoms with Crippen LogP contribution in [-0.4, -0.2) is 18.1 Å². The Morgan fingerprint density at radius 1 is 1.03 bits per heavy atom. The van der Waals surface area contributed by atoms with E-state index in [4.69, 9.17) is 13.9 Å². The molecule has 3 aromatic rings. The third kappa shape index (κ3) is 5.44. The van der Waals surface area contributed by atoms with Crippen molar-refractivity contribution in [2.24, 2.45) is 5.92 Å². The number of nitrogens with one attached hydrogen (secondary N) is 1. The lowest BCUT2D eigenvalue weighted by molar-refractivity contribution is -0.137. The van der Waals surface area contributed by atoms with Gasteiger partial charge in [0.2, 0.25) is 0 Å². The Kier molecular flexibility index (Phi) is 6.29. The fourth-order valence-corrected chi connectivity index (χ4v) is 2.67. The van der Waals surface area contributed by atoms with Crippen LogP contribution < -0.4 is 15.7 Å². The maximum atomic E-state index is 12.6. The third-order valence-corrected chi connectivity index (χ3v) is 4.22. The van der Waals surface area contributed by atoms with Crippen LogP contribution in [0.15, 0.2) is 69.9 Å². The van der Waals surface area contributed by atoms with Crippen LogP contribution in [0.5, 0.6) is 5.75 Å². The van der Waals surface area contributed by atoms with Crippen LogP contribution in [0.25, 0.3) is 11.0 Å². The lowest BCUT2D eigenvalue weighted by Crippen LogP contribution is -2.46. The van der Waals surface area contributed by atoms with Gasteiger partial charge in [-0.1, -0.05) is 44.2 Å². The molecule has 150 valence electrons. The van der Waals surface area contributed by atoms with Crippen molar-refractivity contribution < 1.29 is 23.5 Å². The maximum Gasteiger partial charge on any atom is 0.408 e. The summed E-state index contributed by atoms with van der Waals surface area (Å²) in [6.45, 7) is 3.65. The zero-order chi connectivity index (χ0) is 20.8. The lowest BCUT2D eigenvalue weighted by Gasteiger charge is -2.20. The molecule has 3 rings (SSSR count). The quantitative estimate of drug-likeness (QED) is 0.389. The Bertz CT molecular complexity index is 1060. The number of benzene rings is 2. The topological polar surface area (TPSA) is 94.8 Å². The highest BCUT2D eigenvalue weighted by molar-refractivity contribution is 5.84. The number of rotatable bonds is 6. The van der Waals surface area contributed by atoms with Crippen molar-refractivity contribution in [3.8, 4) is 5.75 Å². The first-order valence-corrected chi connectivity index (χ1v) is 9.15. The summed E-state index contributed by atoms with van der Waals surface area (Å²) in [5, 5.41) is 3.25. The van der Waals surface area contributed by atoms with Gasteiger partial charge in [0.15, 0.2) is 0 Å². The van der Waals surface area contributed by atoms with Gasteiger partial charge in [0, 0.05) is 17.5 Å². The number of esters is 1. The summed E-state index contributed by atoms with van der Waals surface area (Å²) in [7, 11) is 0. The molecular weight excluding hydrogens is 374 g/mol. The van der Waals surface area contributed by atoms with Gasteiger partial charge in [-0.3, -0.25) is 0 Å². The van der Waals surface area contributed by atoms with E-state index in [-0.39, 0.29) is 18.3 Å². The zero-order valence-electron chi connectivity index (χ0n) is 16.1. The van der Waals surface area contributed by atoms with Gasteiger partial charge in [0.05, 0.1) is 0 Å². The van der Waals surface area contributed by atoms with Crippen LogP contribution in [0.4, 0.5) is 4.79 Å². The van der Waals surface area contributed by atoms with Gasteiger partial charge in [-0.2, -0.15) is 0 Å². The molecule has 7 nitrogen and oxygen atoms in total. The highest BCUT2D eigenvalue weighted by Gasteiger charge is 2.27. The molecule has 0 saturated heterocycles. The normalized spacial score (nSPS) is 11.8. The summed E-state index contributed by atoms with van der Waals surface area (Å²) in [5.41, 5.74) is 0.645. The predicted molar refractivity (Wildman–Crippen MR) is 107 cm³/mol. The van der Waals surface area contributed by atoms with Crippen LogP contribution in [0.3, 0.4) is 0 Å². The van der Waals surface area contributed by atoms with E-state index in [1.165, 1.54) is 12.1 Å². The minimum absolute atomic E-state index is 0.0935. The molecule has 0 aliphatic carbocycles. The van der Waals surface area contributed by atoms with Gasteiger partial charge in [0.25, 0.3) is 0 Å². The molecule has 0 spiro atoms. The molecule has 0 saturated carbocycles. The summed E-state index contributed by atoms with van der Waals surface area (Å²) in [4.78, 5) is 36.1. The van der Waals surface area contributed by atoms with Gasteiger partial charge < -0.3 is 19.2 Å². The molecule has 0 unspecified atom stereocenters. The molecule has 1 aromatic heterocycles. The van der Waals surface area contributed by atoms with E-state index in [0.717, 1.165) is 5.56 Å². The number of carbonyl (C=O) groups is 2. The second-order valence-corrected chi connectivity index (χ2v) is 6.80. The largest absolute Gasteiger partial charge is 0.445 e. The molecule has 1 atom stereocenters. The van der Waals surface area contributed by atoms with Gasteiger partial charge in [0.1, 0.15) is 24.0 Å². The number of fused-ring (bicyclic) bond motifs is 1. The van der Waals surface area contributed by atoms with Crippen LogP contribution >= 0.6 is 0 Å². The molecule has 1 heterocycles. The van der Waals surface area contributed by atoms with E-state index in [2.05, 4.69) is 5.32 Å². The Hall–Kier alpha value is -3.61. The second-order valence-electron chi connectivity index (χ2n) is 6.80. The van der Waals surface area contributed by atoms with E-state index in [1.807, 2.05) is 30.3 Å². The number of ether oxygens (including phenoxy) is 2. The van der Waals surface area contributed by atoms with Crippen molar-refractivity contribution in [3.63, 3.8) is 0 Å². The third-order valence-electron chi connectivity index (χ3n) is 4.22. The van der Waals surface area contributed by atoms with Gasteiger partial charge in [-0.05, 0) is 29.7 Å². The minimum atomic E-state index is -0.906.